The molecule has 6 nitrogen and oxygen atoms in total. The summed E-state index contributed by atoms with van der Waals surface area (Å²) in [6.07, 6.45) is 3.91. The maximum Gasteiger partial charge on any atom is 0.262 e. The van der Waals surface area contributed by atoms with Crippen LogP contribution in [0.3, 0.4) is 0 Å². The van der Waals surface area contributed by atoms with Crippen molar-refractivity contribution in [3.05, 3.63) is 59.2 Å². The molecule has 1 amide bonds. The largest absolute Gasteiger partial charge is 0.395 e. The molecule has 0 saturated carbocycles. The monoisotopic (exact) mass is 454 g/mol. The molecule has 3 N–H and O–H groups in total. The van der Waals surface area contributed by atoms with Crippen LogP contribution in [-0.2, 0) is 0 Å². The number of nitrogens with zero attached hydrogens (tertiary/aromatic N) is 2. The van der Waals surface area contributed by atoms with E-state index >= 15 is 0 Å². The minimum Gasteiger partial charge on any atom is -0.395 e. The van der Waals surface area contributed by atoms with Gasteiger partial charge in [-0.05, 0) is 61.8 Å². The van der Waals surface area contributed by atoms with E-state index in [9.17, 15) is 9.90 Å². The van der Waals surface area contributed by atoms with E-state index in [4.69, 9.17) is 0 Å². The molecule has 2 aromatic carbocycles. The van der Waals surface area contributed by atoms with Crippen LogP contribution in [0.25, 0.3) is 11.4 Å². The van der Waals surface area contributed by atoms with Crippen molar-refractivity contribution in [2.24, 2.45) is 0 Å². The molecule has 162 valence electrons. The molecule has 0 atom stereocenters. The minimum atomic E-state index is -0.294. The van der Waals surface area contributed by atoms with Crippen LogP contribution in [0, 0.1) is 13.8 Å². The molecule has 0 radical (unpaired) electrons. The Bertz CT molecular complexity index is 1070. The van der Waals surface area contributed by atoms with Gasteiger partial charge in [0.15, 0.2) is 5.82 Å². The Hall–Kier alpha value is -2.55. The number of aliphatic hydroxyl groups is 1. The summed E-state index contributed by atoms with van der Waals surface area (Å²) in [4.78, 5) is 23.6. The SMILES string of the molecule is CSc1ccc(-c2nc(NCCO)c(C(=O)Nc3ccc(C)c(C)c3)c(SC)n2)cc1. The third kappa shape index (κ3) is 5.58. The van der Waals surface area contributed by atoms with Crippen LogP contribution in [0.5, 0.6) is 0 Å². The minimum absolute atomic E-state index is 0.0748. The fourth-order valence-corrected chi connectivity index (χ4v) is 3.96. The molecule has 0 aliphatic carbocycles. The second-order valence-electron chi connectivity index (χ2n) is 6.91. The van der Waals surface area contributed by atoms with Crippen LogP contribution >= 0.6 is 23.5 Å². The number of nitrogens with one attached hydrogen (secondary N) is 2. The quantitative estimate of drug-likeness (QED) is 0.331. The van der Waals surface area contributed by atoms with E-state index in [1.165, 1.54) is 11.8 Å². The van der Waals surface area contributed by atoms with Crippen LogP contribution in [0.1, 0.15) is 21.5 Å². The van der Waals surface area contributed by atoms with Crippen molar-refractivity contribution in [3.8, 4) is 11.4 Å². The topological polar surface area (TPSA) is 87.1 Å². The zero-order chi connectivity index (χ0) is 22.4. The molecule has 0 aliphatic rings. The number of anilines is 2. The molecule has 0 saturated heterocycles. The van der Waals surface area contributed by atoms with Gasteiger partial charge in [0, 0.05) is 22.7 Å². The van der Waals surface area contributed by atoms with Gasteiger partial charge in [-0.15, -0.1) is 23.5 Å². The number of carbonyl (C=O) groups excluding carboxylic acids is 1. The van der Waals surface area contributed by atoms with E-state index in [1.807, 2.05) is 68.8 Å². The molecule has 3 rings (SSSR count). The predicted molar refractivity (Wildman–Crippen MR) is 130 cm³/mol. The first-order chi connectivity index (χ1) is 15.0. The van der Waals surface area contributed by atoms with Gasteiger partial charge in [0.1, 0.15) is 16.4 Å². The molecule has 3 aromatic rings. The number of aryl methyl sites for hydroxylation is 2. The Morgan fingerprint density at radius 1 is 1.00 bits per heavy atom. The maximum atomic E-state index is 13.2. The third-order valence-electron chi connectivity index (χ3n) is 4.81. The normalized spacial score (nSPS) is 10.7. The van der Waals surface area contributed by atoms with E-state index in [2.05, 4.69) is 20.6 Å². The standard InChI is InChI=1S/C23H26N4O2S2/c1-14-5-8-17(13-15(14)2)25-22(29)19-21(24-11-12-28)26-20(27-23(19)31-4)16-6-9-18(30-3)10-7-16/h5-10,13,28H,11-12H2,1-4H3,(H,25,29)(H,24,26,27). The summed E-state index contributed by atoms with van der Waals surface area (Å²) in [7, 11) is 0. The Morgan fingerprint density at radius 3 is 2.35 bits per heavy atom. The Labute approximate surface area is 191 Å². The summed E-state index contributed by atoms with van der Waals surface area (Å²) in [5, 5.41) is 15.9. The summed E-state index contributed by atoms with van der Waals surface area (Å²) >= 11 is 3.05. The average Bonchev–Trinajstić information content (AvgIpc) is 2.79. The molecule has 0 unspecified atom stereocenters. The van der Waals surface area contributed by atoms with Crippen molar-refractivity contribution >= 4 is 40.9 Å². The number of aliphatic hydroxyl groups excluding tert-OH is 1. The van der Waals surface area contributed by atoms with Gasteiger partial charge >= 0.3 is 0 Å². The molecule has 0 aliphatic heterocycles. The number of carbonyl (C=O) groups is 1. The number of amides is 1. The zero-order valence-corrected chi connectivity index (χ0v) is 19.7. The fourth-order valence-electron chi connectivity index (χ4n) is 2.98. The lowest BCUT2D eigenvalue weighted by Crippen LogP contribution is -2.19. The second kappa shape index (κ2) is 10.7. The molecule has 1 aromatic heterocycles. The van der Waals surface area contributed by atoms with Gasteiger partial charge in [-0.2, -0.15) is 0 Å². The van der Waals surface area contributed by atoms with E-state index in [0.717, 1.165) is 21.6 Å². The highest BCUT2D eigenvalue weighted by Crippen LogP contribution is 2.30. The first-order valence-electron chi connectivity index (χ1n) is 9.80. The summed E-state index contributed by atoms with van der Waals surface area (Å²) in [6.45, 7) is 4.24. The number of thioether (sulfide) groups is 2. The van der Waals surface area contributed by atoms with Crippen molar-refractivity contribution in [1.82, 2.24) is 9.97 Å². The summed E-state index contributed by atoms with van der Waals surface area (Å²) < 4.78 is 0. The molecule has 31 heavy (non-hydrogen) atoms. The first-order valence-corrected chi connectivity index (χ1v) is 12.3. The third-order valence-corrected chi connectivity index (χ3v) is 6.24. The van der Waals surface area contributed by atoms with E-state index in [-0.39, 0.29) is 19.1 Å². The van der Waals surface area contributed by atoms with Crippen LogP contribution in [0.15, 0.2) is 52.4 Å². The van der Waals surface area contributed by atoms with E-state index in [0.29, 0.717) is 27.9 Å². The smallest absolute Gasteiger partial charge is 0.262 e. The number of hydrogen-bond donors (Lipinski definition) is 3. The van der Waals surface area contributed by atoms with Crippen molar-refractivity contribution in [3.63, 3.8) is 0 Å². The van der Waals surface area contributed by atoms with Gasteiger partial charge in [-0.25, -0.2) is 9.97 Å². The lowest BCUT2D eigenvalue weighted by Gasteiger charge is -2.16. The van der Waals surface area contributed by atoms with Crippen molar-refractivity contribution in [2.75, 3.05) is 36.3 Å². The lowest BCUT2D eigenvalue weighted by atomic mass is 10.1. The molecule has 0 spiro atoms. The lowest BCUT2D eigenvalue weighted by molar-refractivity contribution is 0.102. The molecule has 0 bridgehead atoms. The number of aromatic nitrogens is 2. The molecular weight excluding hydrogens is 428 g/mol. The molecular formula is C23H26N4O2S2. The van der Waals surface area contributed by atoms with Gasteiger partial charge in [-0.1, -0.05) is 18.2 Å². The van der Waals surface area contributed by atoms with Crippen molar-refractivity contribution < 1.29 is 9.90 Å². The maximum absolute atomic E-state index is 13.2. The first kappa shape index (κ1) is 23.1. The van der Waals surface area contributed by atoms with Crippen LogP contribution < -0.4 is 10.6 Å². The Balaban J connectivity index is 2.02. The summed E-state index contributed by atoms with van der Waals surface area (Å²) in [5.41, 5.74) is 4.20. The Morgan fingerprint density at radius 2 is 1.74 bits per heavy atom. The Kier molecular flexibility index (Phi) is 7.95. The second-order valence-corrected chi connectivity index (χ2v) is 8.59. The molecule has 1 heterocycles. The highest BCUT2D eigenvalue weighted by molar-refractivity contribution is 7.98. The number of hydrogen-bond acceptors (Lipinski definition) is 7. The van der Waals surface area contributed by atoms with Gasteiger partial charge in [-0.3, -0.25) is 4.79 Å². The molecule has 8 heteroatoms. The van der Waals surface area contributed by atoms with Gasteiger partial charge in [0.05, 0.1) is 6.61 Å². The number of rotatable bonds is 8. The summed E-state index contributed by atoms with van der Waals surface area (Å²) in [6, 6.07) is 13.8. The highest BCUT2D eigenvalue weighted by Gasteiger charge is 2.22. The van der Waals surface area contributed by atoms with E-state index < -0.39 is 0 Å². The fraction of sp³-hybridized carbons (Fsp3) is 0.261. The molecule has 0 fully saturated rings. The van der Waals surface area contributed by atoms with Crippen LogP contribution in [-0.4, -0.2) is 46.6 Å². The number of benzene rings is 2. The zero-order valence-electron chi connectivity index (χ0n) is 18.0. The predicted octanol–water partition coefficient (Wildman–Crippen LogP) is 4.86. The average molecular weight is 455 g/mol. The van der Waals surface area contributed by atoms with Gasteiger partial charge in [0.2, 0.25) is 0 Å². The van der Waals surface area contributed by atoms with Gasteiger partial charge < -0.3 is 15.7 Å². The summed E-state index contributed by atoms with van der Waals surface area (Å²) in [5.74, 6) is 0.635. The van der Waals surface area contributed by atoms with Crippen LogP contribution in [0.4, 0.5) is 11.5 Å². The van der Waals surface area contributed by atoms with Crippen molar-refractivity contribution in [2.45, 2.75) is 23.8 Å². The highest BCUT2D eigenvalue weighted by atomic mass is 32.2. The van der Waals surface area contributed by atoms with Crippen molar-refractivity contribution in [1.29, 1.82) is 0 Å². The van der Waals surface area contributed by atoms with E-state index in [1.54, 1.807) is 11.8 Å². The van der Waals surface area contributed by atoms with Crippen LogP contribution in [0.2, 0.25) is 0 Å². The van der Waals surface area contributed by atoms with Gasteiger partial charge in [0.25, 0.3) is 5.91 Å².